The second-order valence-corrected chi connectivity index (χ2v) is 98.3. The molecule has 1 aliphatic heterocycles. The van der Waals surface area contributed by atoms with E-state index in [9.17, 15) is 0 Å². The maximum Gasteiger partial charge on any atom is 0.315 e. The van der Waals surface area contributed by atoms with E-state index in [2.05, 4.69) is 256 Å². The second-order valence-electron chi connectivity index (χ2n) is 37.2. The van der Waals surface area contributed by atoms with Crippen LogP contribution in [0, 0.1) is 0 Å². The van der Waals surface area contributed by atoms with Gasteiger partial charge in [-0.15, -0.1) is 6.58 Å². The summed E-state index contributed by atoms with van der Waals surface area (Å²) in [6.45, 7) is 84.1. The van der Waals surface area contributed by atoms with Gasteiger partial charge in [0.2, 0.25) is 0 Å². The van der Waals surface area contributed by atoms with Gasteiger partial charge in [0.25, 0.3) is 18.6 Å². The van der Waals surface area contributed by atoms with Crippen LogP contribution in [0.2, 0.25) is 235 Å². The molecule has 1 saturated heterocycles. The fraction of sp³-hybridized carbons (Fsp3) is 0.971. The summed E-state index contributed by atoms with van der Waals surface area (Å²) in [6, 6.07) is 1.08. The van der Waals surface area contributed by atoms with Crippen LogP contribution in [0.25, 0.3) is 0 Å². The predicted molar refractivity (Wildman–Crippen MR) is 474 cm³/mol. The second kappa shape index (κ2) is 52.0. The smallest absolute Gasteiger partial charge is 0.315 e. The molecule has 3 unspecified atom stereocenters. The van der Waals surface area contributed by atoms with Gasteiger partial charge in [-0.05, 0) is 248 Å². The Morgan fingerprint density at radius 1 is 0.276 bits per heavy atom. The first-order valence-corrected chi connectivity index (χ1v) is 86.6. The molecule has 0 saturated carbocycles. The van der Waals surface area contributed by atoms with Gasteiger partial charge in [0.1, 0.15) is 0 Å². The summed E-state index contributed by atoms with van der Waals surface area (Å²) in [6.07, 6.45) is 43.8. The molecule has 0 amide bonds. The molecule has 0 aromatic rings. The lowest BCUT2D eigenvalue weighted by molar-refractivity contribution is 0.238. The van der Waals surface area contributed by atoms with E-state index in [1.165, 1.54) is 186 Å². The lowest BCUT2D eigenvalue weighted by atomic mass is 10.0. The van der Waals surface area contributed by atoms with E-state index in [4.69, 9.17) is 53.5 Å². The monoisotopic (exact) mass is 1660 g/mol. The van der Waals surface area contributed by atoms with E-state index in [-0.39, 0.29) is 0 Å². The maximum atomic E-state index is 6.58. The normalized spacial score (nSPS) is 17.4. The van der Waals surface area contributed by atoms with E-state index in [1.807, 2.05) is 0 Å². The van der Waals surface area contributed by atoms with Crippen LogP contribution in [0.4, 0.5) is 0 Å². The Hall–Kier alpha value is 2.69. The fourth-order valence-corrected chi connectivity index (χ4v) is 80.9. The highest BCUT2D eigenvalue weighted by molar-refractivity contribution is 6.93. The van der Waals surface area contributed by atoms with Crippen molar-refractivity contribution < 1.29 is 53.5 Å². The summed E-state index contributed by atoms with van der Waals surface area (Å²) in [5.74, 6) is 0. The molecule has 0 N–H and O–H groups in total. The summed E-state index contributed by atoms with van der Waals surface area (Å²) >= 11 is 0. The van der Waals surface area contributed by atoms with Crippen LogP contribution in [0.1, 0.15) is 200 Å². The van der Waals surface area contributed by atoms with E-state index in [0.717, 1.165) is 6.04 Å². The van der Waals surface area contributed by atoms with Gasteiger partial charge >= 0.3 is 68.5 Å². The van der Waals surface area contributed by atoms with Crippen molar-refractivity contribution in [3.05, 3.63) is 12.7 Å². The van der Waals surface area contributed by atoms with Gasteiger partial charge in [-0.25, -0.2) is 0 Å². The third kappa shape index (κ3) is 79.7. The molecule has 1 rings (SSSR count). The first-order chi connectivity index (χ1) is 44.0. The third-order valence-electron chi connectivity index (χ3n) is 14.3. The Morgan fingerprint density at radius 2 is 0.490 bits per heavy atom. The minimum Gasteiger partial charge on any atom is -0.439 e. The average Bonchev–Trinajstić information content (AvgIpc) is 0.804. The highest BCUT2D eigenvalue weighted by Crippen LogP contribution is 2.32. The average molecular weight is 1660 g/mol. The van der Waals surface area contributed by atoms with Gasteiger partial charge in [0.05, 0.1) is 0 Å². The Kier molecular flexibility index (Phi) is 56.8. The van der Waals surface area contributed by atoms with Crippen LogP contribution < -0.4 is 0 Å². The molecule has 98 heavy (non-hydrogen) atoms. The van der Waals surface area contributed by atoms with Gasteiger partial charge < -0.3 is 53.5 Å². The Labute approximate surface area is 633 Å². The van der Waals surface area contributed by atoms with Crippen LogP contribution in [0.15, 0.2) is 12.7 Å². The summed E-state index contributed by atoms with van der Waals surface area (Å²) < 4.78 is 80.6. The Bertz CT molecular complexity index is 1840. The highest BCUT2D eigenvalue weighted by atomic mass is 28.5. The molecule has 594 valence electrons. The van der Waals surface area contributed by atoms with Crippen molar-refractivity contribution in [1.82, 2.24) is 0 Å². The molecule has 0 bridgehead atoms. The zero-order valence-corrected chi connectivity index (χ0v) is 89.3. The maximum absolute atomic E-state index is 6.58. The molecule has 29 heteroatoms. The zero-order valence-electron chi connectivity index (χ0n) is 73.0. The molecular weight excluding hydrogens is 1490 g/mol. The Morgan fingerprint density at radius 3 is 0.694 bits per heavy atom. The molecule has 0 aromatic carbocycles. The number of hydrogen-bond acceptors (Lipinski definition) is 13. The summed E-state index contributed by atoms with van der Waals surface area (Å²) in [5.41, 5.74) is 0. The van der Waals surface area contributed by atoms with Crippen LogP contribution >= 0.6 is 0 Å². The van der Waals surface area contributed by atoms with Gasteiger partial charge in [-0.2, -0.15) is 0 Å². The van der Waals surface area contributed by atoms with Crippen LogP contribution in [0.5, 0.6) is 0 Å². The first-order valence-electron chi connectivity index (χ1n) is 39.7. The SMILES string of the molecule is C=CCCCCCCCCCCCCCCCCCCCCCCCCCCCC.CCCC[Si](C)(O[Si](C)(C)C)O[Si](C)(C)O[Si](C)(C)C.C[SiH](O[Si](C)(C)C)O[Si](C)(C)O[Si](C)(C)C.C[SiH](O[Si](C)(C)C)O[Si](C)(C)O[Si](C)(C)C.C[Si]1(C)O[Si](C)(C)O[Si](C)(C)O[Si](C)(C)O1. The number of hydrogen-bond donors (Lipinski definition) is 0. The molecule has 1 aliphatic rings. The minimum atomic E-state index is -2.12. The van der Waals surface area contributed by atoms with Gasteiger partial charge in [0, 0.05) is 0 Å². The summed E-state index contributed by atoms with van der Waals surface area (Å²) in [7, 11) is -28.8. The number of allylic oxidation sites excluding steroid dienone is 1. The standard InChI is InChI=1S/C30H60.C13H36O3Si4.2C9H28O3Si4.C8H24O4Si4/c1-3-5-7-9-11-13-15-17-19-21-23-25-27-29-30-28-26-24-22-20-18-16-14-12-10-8-6-4-2;1-11-12-13-20(10,15-18(5,6)7)16-19(8,9)14-17(2,3)4;2*1-13(10-14(2,3)4)11-16(8,9)12-15(5,6)7;1-13(2)9-14(3,4)11-16(7,8)12-15(5,6)10-13/h3H,1,4-30H2,2H3;11-13H2,1-10H3;2*13H,1-9H3;1-8H3. The highest BCUT2D eigenvalue weighted by Gasteiger charge is 2.51. The molecule has 1 fully saturated rings. The molecule has 13 nitrogen and oxygen atoms in total. The lowest BCUT2D eigenvalue weighted by Crippen LogP contribution is -2.64. The molecule has 0 aromatic heterocycles. The Balaban J connectivity index is -0.000000579. The largest absolute Gasteiger partial charge is 0.439 e. The van der Waals surface area contributed by atoms with Gasteiger partial charge in [0.15, 0.2) is 49.9 Å². The topological polar surface area (TPSA) is 120 Å². The number of rotatable bonds is 48. The van der Waals surface area contributed by atoms with Crippen molar-refractivity contribution in [3.8, 4) is 0 Å². The van der Waals surface area contributed by atoms with E-state index in [1.54, 1.807) is 0 Å². The molecule has 0 aliphatic carbocycles. The molecule has 0 spiro atoms. The molecule has 1 heterocycles. The van der Waals surface area contributed by atoms with Crippen LogP contribution in [-0.4, -0.2) is 137 Å². The number of unbranched alkanes of at least 4 members (excludes halogenated alkanes) is 27. The minimum absolute atomic E-state index is 1.08. The van der Waals surface area contributed by atoms with Crippen molar-refractivity contribution >= 4 is 137 Å². The molecule has 0 radical (unpaired) electrons. The van der Waals surface area contributed by atoms with Crippen molar-refractivity contribution in [2.75, 3.05) is 0 Å². The van der Waals surface area contributed by atoms with Crippen molar-refractivity contribution in [2.24, 2.45) is 0 Å². The van der Waals surface area contributed by atoms with Crippen molar-refractivity contribution in [2.45, 2.75) is 435 Å². The van der Waals surface area contributed by atoms with Crippen LogP contribution in [0.3, 0.4) is 0 Å². The van der Waals surface area contributed by atoms with Crippen LogP contribution in [-0.2, 0) is 53.5 Å². The van der Waals surface area contributed by atoms with E-state index >= 15 is 0 Å². The molecule has 3 atom stereocenters. The van der Waals surface area contributed by atoms with Gasteiger partial charge in [-0.3, -0.25) is 0 Å². The van der Waals surface area contributed by atoms with Crippen molar-refractivity contribution in [3.63, 3.8) is 0 Å². The predicted octanol–water partition coefficient (Wildman–Crippen LogP) is 26.4. The fourth-order valence-electron chi connectivity index (χ4n) is 13.0. The third-order valence-corrected chi connectivity index (χ3v) is 67.9. The van der Waals surface area contributed by atoms with Crippen molar-refractivity contribution in [1.29, 1.82) is 0 Å². The zero-order chi connectivity index (χ0) is 77.3. The quantitative estimate of drug-likeness (QED) is 0.0327. The lowest BCUT2D eigenvalue weighted by Gasteiger charge is -2.46. The van der Waals surface area contributed by atoms with E-state index in [0.29, 0.717) is 0 Å². The molecular formula is C69H176O13Si16. The summed E-state index contributed by atoms with van der Waals surface area (Å²) in [4.78, 5) is 0. The first kappa shape index (κ1) is 107. The van der Waals surface area contributed by atoms with E-state index < -0.39 is 137 Å². The summed E-state index contributed by atoms with van der Waals surface area (Å²) in [5, 5.41) is 0. The van der Waals surface area contributed by atoms with Gasteiger partial charge in [-0.1, -0.05) is 193 Å².